The number of nitro benzene ring substituents is 1. The molecule has 0 radical (unpaired) electrons. The summed E-state index contributed by atoms with van der Waals surface area (Å²) in [5.74, 6) is 0.0318. The van der Waals surface area contributed by atoms with E-state index in [0.717, 1.165) is 31.4 Å². The van der Waals surface area contributed by atoms with Gasteiger partial charge in [-0.1, -0.05) is 12.8 Å². The molecule has 0 amide bonds. The molecule has 1 heterocycles. The molecular formula is C14H17N3O3. The largest absolute Gasteiger partial charge is 0.451 e. The number of hydrogen-bond donors (Lipinski definition) is 2. The monoisotopic (exact) mass is 275 g/mol. The van der Waals surface area contributed by atoms with Gasteiger partial charge in [0.05, 0.1) is 16.2 Å². The van der Waals surface area contributed by atoms with Crippen LogP contribution in [0.25, 0.3) is 0 Å². The molecule has 1 fully saturated rings. The molecular weight excluding hydrogens is 258 g/mol. The second-order valence-corrected chi connectivity index (χ2v) is 5.45. The van der Waals surface area contributed by atoms with Gasteiger partial charge in [0, 0.05) is 25.0 Å². The number of nitrogens with zero attached hydrogens (tertiary/aromatic N) is 1. The van der Waals surface area contributed by atoms with Crippen molar-refractivity contribution in [2.45, 2.75) is 44.2 Å². The Bertz CT molecular complexity index is 563. The number of fused-ring (bicyclic) bond motifs is 1. The standard InChI is InChI=1S/C14H17N3O3/c15-13-11-9-10(17(18)19)5-6-12(11)16-14(20-13)7-3-1-2-4-8-14/h5-6,9,15-16H,1-4,7-8H2. The topological polar surface area (TPSA) is 88.2 Å². The fourth-order valence-electron chi connectivity index (χ4n) is 2.99. The third kappa shape index (κ3) is 2.21. The van der Waals surface area contributed by atoms with Crippen molar-refractivity contribution in [1.82, 2.24) is 0 Å². The molecule has 0 unspecified atom stereocenters. The fraction of sp³-hybridized carbons (Fsp3) is 0.500. The molecule has 0 bridgehead atoms. The highest BCUT2D eigenvalue weighted by Gasteiger charge is 2.39. The van der Waals surface area contributed by atoms with Crippen LogP contribution in [-0.2, 0) is 4.74 Å². The van der Waals surface area contributed by atoms with E-state index in [1.165, 1.54) is 25.0 Å². The van der Waals surface area contributed by atoms with Crippen LogP contribution < -0.4 is 5.32 Å². The van der Waals surface area contributed by atoms with Crippen LogP contribution >= 0.6 is 0 Å². The van der Waals surface area contributed by atoms with E-state index in [-0.39, 0.29) is 11.6 Å². The van der Waals surface area contributed by atoms with Crippen molar-refractivity contribution in [3.05, 3.63) is 33.9 Å². The molecule has 1 aromatic rings. The number of rotatable bonds is 1. The molecule has 0 aromatic heterocycles. The van der Waals surface area contributed by atoms with E-state index in [1.54, 1.807) is 6.07 Å². The highest BCUT2D eigenvalue weighted by atomic mass is 16.6. The van der Waals surface area contributed by atoms with Crippen LogP contribution in [0.2, 0.25) is 0 Å². The summed E-state index contributed by atoms with van der Waals surface area (Å²) in [6, 6.07) is 4.54. The third-order valence-corrected chi connectivity index (χ3v) is 4.03. The van der Waals surface area contributed by atoms with Crippen LogP contribution in [0.15, 0.2) is 18.2 Å². The SMILES string of the molecule is N=C1OC2(CCCCCC2)Nc2ccc([N+](=O)[O-])cc21. The first-order valence-electron chi connectivity index (χ1n) is 6.94. The van der Waals surface area contributed by atoms with E-state index >= 15 is 0 Å². The molecule has 3 rings (SSSR count). The van der Waals surface area contributed by atoms with Gasteiger partial charge in [0.25, 0.3) is 5.69 Å². The highest BCUT2D eigenvalue weighted by molar-refractivity contribution is 6.00. The number of ether oxygens (including phenoxy) is 1. The molecule has 1 aromatic carbocycles. The van der Waals surface area contributed by atoms with E-state index in [4.69, 9.17) is 10.1 Å². The average molecular weight is 275 g/mol. The lowest BCUT2D eigenvalue weighted by atomic mass is 9.99. The molecule has 1 saturated carbocycles. The van der Waals surface area contributed by atoms with Gasteiger partial charge in [-0.15, -0.1) is 0 Å². The molecule has 0 atom stereocenters. The molecule has 20 heavy (non-hydrogen) atoms. The number of nitro groups is 1. The van der Waals surface area contributed by atoms with Crippen LogP contribution in [0.4, 0.5) is 11.4 Å². The summed E-state index contributed by atoms with van der Waals surface area (Å²) in [6.07, 6.45) is 6.25. The third-order valence-electron chi connectivity index (χ3n) is 4.03. The Balaban J connectivity index is 1.95. The summed E-state index contributed by atoms with van der Waals surface area (Å²) < 4.78 is 5.81. The normalized spacial score (nSPS) is 20.5. The first kappa shape index (κ1) is 12.9. The Morgan fingerprint density at radius 3 is 2.60 bits per heavy atom. The van der Waals surface area contributed by atoms with Gasteiger partial charge in [-0.25, -0.2) is 0 Å². The van der Waals surface area contributed by atoms with Crippen LogP contribution in [0.1, 0.15) is 44.1 Å². The summed E-state index contributed by atoms with van der Waals surface area (Å²) >= 11 is 0. The van der Waals surface area contributed by atoms with Gasteiger partial charge >= 0.3 is 0 Å². The van der Waals surface area contributed by atoms with E-state index in [9.17, 15) is 10.1 Å². The Morgan fingerprint density at radius 2 is 1.95 bits per heavy atom. The molecule has 1 aliphatic heterocycles. The Labute approximate surface area is 116 Å². The zero-order valence-corrected chi connectivity index (χ0v) is 11.1. The molecule has 2 aliphatic rings. The second kappa shape index (κ2) is 4.77. The minimum absolute atomic E-state index is 0.0179. The van der Waals surface area contributed by atoms with Crippen LogP contribution in [-0.4, -0.2) is 16.5 Å². The molecule has 1 aliphatic carbocycles. The van der Waals surface area contributed by atoms with Crippen LogP contribution in [0.3, 0.4) is 0 Å². The smallest absolute Gasteiger partial charge is 0.270 e. The molecule has 1 spiro atoms. The van der Waals surface area contributed by atoms with Gasteiger partial charge in [0.1, 0.15) is 0 Å². The minimum atomic E-state index is -0.503. The van der Waals surface area contributed by atoms with Crippen molar-refractivity contribution < 1.29 is 9.66 Å². The highest BCUT2D eigenvalue weighted by Crippen LogP contribution is 2.38. The zero-order chi connectivity index (χ0) is 14.2. The van der Waals surface area contributed by atoms with E-state index in [1.807, 2.05) is 0 Å². The first-order valence-corrected chi connectivity index (χ1v) is 6.94. The first-order chi connectivity index (χ1) is 9.60. The van der Waals surface area contributed by atoms with Crippen LogP contribution in [0, 0.1) is 15.5 Å². The Kier molecular flexibility index (Phi) is 3.08. The van der Waals surface area contributed by atoms with Gasteiger partial charge in [0.15, 0.2) is 5.72 Å². The Hall–Kier alpha value is -2.11. The summed E-state index contributed by atoms with van der Waals surface area (Å²) in [4.78, 5) is 10.4. The van der Waals surface area contributed by atoms with Gasteiger partial charge in [-0.2, -0.15) is 0 Å². The predicted octanol–water partition coefficient (Wildman–Crippen LogP) is 3.41. The van der Waals surface area contributed by atoms with Crippen molar-refractivity contribution in [3.8, 4) is 0 Å². The lowest BCUT2D eigenvalue weighted by molar-refractivity contribution is -0.384. The maximum absolute atomic E-state index is 10.8. The number of hydrogen-bond acceptors (Lipinski definition) is 5. The fourth-order valence-corrected chi connectivity index (χ4v) is 2.99. The quantitative estimate of drug-likeness (QED) is 0.607. The summed E-state index contributed by atoms with van der Waals surface area (Å²) in [5, 5.41) is 22.2. The average Bonchev–Trinajstić information content (AvgIpc) is 2.64. The number of non-ortho nitro benzene ring substituents is 1. The molecule has 0 saturated heterocycles. The summed E-state index contributed by atoms with van der Waals surface area (Å²) in [6.45, 7) is 0. The van der Waals surface area contributed by atoms with Crippen molar-refractivity contribution in [2.24, 2.45) is 0 Å². The maximum atomic E-state index is 10.8. The number of nitrogens with one attached hydrogen (secondary N) is 2. The maximum Gasteiger partial charge on any atom is 0.270 e. The molecule has 2 N–H and O–H groups in total. The van der Waals surface area contributed by atoms with Gasteiger partial charge in [-0.05, 0) is 18.9 Å². The van der Waals surface area contributed by atoms with E-state index < -0.39 is 10.6 Å². The summed E-state index contributed by atoms with van der Waals surface area (Å²) in [5.41, 5.74) is 0.704. The van der Waals surface area contributed by atoms with Crippen molar-refractivity contribution in [1.29, 1.82) is 5.41 Å². The van der Waals surface area contributed by atoms with Gasteiger partial charge in [-0.3, -0.25) is 15.5 Å². The van der Waals surface area contributed by atoms with Gasteiger partial charge in [0.2, 0.25) is 5.90 Å². The van der Waals surface area contributed by atoms with E-state index in [0.29, 0.717) is 5.56 Å². The zero-order valence-electron chi connectivity index (χ0n) is 11.1. The molecule has 6 nitrogen and oxygen atoms in total. The lowest BCUT2D eigenvalue weighted by Crippen LogP contribution is -2.46. The number of anilines is 1. The minimum Gasteiger partial charge on any atom is -0.451 e. The van der Waals surface area contributed by atoms with Crippen LogP contribution in [0.5, 0.6) is 0 Å². The number of benzene rings is 1. The lowest BCUT2D eigenvalue weighted by Gasteiger charge is -2.39. The van der Waals surface area contributed by atoms with Crippen molar-refractivity contribution in [3.63, 3.8) is 0 Å². The van der Waals surface area contributed by atoms with Crippen molar-refractivity contribution >= 4 is 17.3 Å². The second-order valence-electron chi connectivity index (χ2n) is 5.45. The van der Waals surface area contributed by atoms with E-state index in [2.05, 4.69) is 5.32 Å². The molecule has 6 heteroatoms. The summed E-state index contributed by atoms with van der Waals surface area (Å²) in [7, 11) is 0. The Morgan fingerprint density at radius 1 is 1.25 bits per heavy atom. The molecule has 106 valence electrons. The van der Waals surface area contributed by atoms with Crippen molar-refractivity contribution in [2.75, 3.05) is 5.32 Å². The predicted molar refractivity (Wildman–Crippen MR) is 75.1 cm³/mol. The van der Waals surface area contributed by atoms with Gasteiger partial charge < -0.3 is 10.1 Å².